The van der Waals surface area contributed by atoms with Gasteiger partial charge in [-0.2, -0.15) is 0 Å². The van der Waals surface area contributed by atoms with Crippen LogP contribution in [0.4, 0.5) is 4.39 Å². The minimum Gasteiger partial charge on any atom is -0.389 e. The van der Waals surface area contributed by atoms with Crippen LogP contribution >= 0.6 is 11.3 Å². The first-order valence-electron chi connectivity index (χ1n) is 8.14. The fraction of sp³-hybridized carbons (Fsp3) is 0.316. The Kier molecular flexibility index (Phi) is 6.09. The lowest BCUT2D eigenvalue weighted by molar-refractivity contribution is 0.0119. The van der Waals surface area contributed by atoms with Crippen molar-refractivity contribution in [1.82, 2.24) is 9.88 Å². The summed E-state index contributed by atoms with van der Waals surface area (Å²) in [5.74, 6) is -0.287. The highest BCUT2D eigenvalue weighted by atomic mass is 32.1. The third-order valence-corrected chi connectivity index (χ3v) is 4.81. The van der Waals surface area contributed by atoms with Gasteiger partial charge in [-0.15, -0.1) is 11.3 Å². The third kappa shape index (κ3) is 5.06. The van der Waals surface area contributed by atoms with Gasteiger partial charge in [-0.3, -0.25) is 4.90 Å². The lowest BCUT2D eigenvalue weighted by atomic mass is 10.2. The van der Waals surface area contributed by atoms with E-state index in [2.05, 4.69) is 11.1 Å². The Labute approximate surface area is 150 Å². The molecule has 2 aromatic carbocycles. The maximum Gasteiger partial charge on any atom is 0.128 e. The largest absolute Gasteiger partial charge is 0.389 e. The fourth-order valence-corrected chi connectivity index (χ4v) is 3.66. The molecule has 0 radical (unpaired) electrons. The molecule has 0 aliphatic heterocycles. The van der Waals surface area contributed by atoms with E-state index < -0.39 is 6.10 Å². The first-order chi connectivity index (χ1) is 12.1. The zero-order valence-electron chi connectivity index (χ0n) is 14.1. The van der Waals surface area contributed by atoms with Crippen LogP contribution in [0, 0.1) is 5.82 Å². The Hall–Kier alpha value is -1.86. The molecule has 1 heterocycles. The molecule has 0 aliphatic carbocycles. The highest BCUT2D eigenvalue weighted by Gasteiger charge is 2.12. The lowest BCUT2D eigenvalue weighted by Crippen LogP contribution is -2.31. The predicted octanol–water partition coefficient (Wildman–Crippen LogP) is 3.44. The van der Waals surface area contributed by atoms with Crippen LogP contribution < -0.4 is 0 Å². The summed E-state index contributed by atoms with van der Waals surface area (Å²) >= 11 is 1.66. The molecule has 0 amide bonds. The number of nitrogens with zero attached hydrogens (tertiary/aromatic N) is 2. The molecule has 132 valence electrons. The zero-order valence-corrected chi connectivity index (χ0v) is 14.9. The molecular weight excluding hydrogens is 339 g/mol. The normalized spacial score (nSPS) is 12.8. The zero-order chi connectivity index (χ0) is 17.6. The molecule has 0 saturated carbocycles. The van der Waals surface area contributed by atoms with E-state index in [1.54, 1.807) is 29.5 Å². The number of thiazole rings is 1. The van der Waals surface area contributed by atoms with Crippen LogP contribution in [0.1, 0.15) is 10.6 Å². The molecule has 4 nitrogen and oxygen atoms in total. The van der Waals surface area contributed by atoms with E-state index in [-0.39, 0.29) is 19.0 Å². The van der Waals surface area contributed by atoms with Crippen molar-refractivity contribution in [3.05, 3.63) is 64.9 Å². The van der Waals surface area contributed by atoms with Crippen LogP contribution in [0.25, 0.3) is 10.2 Å². The smallest absolute Gasteiger partial charge is 0.128 e. The second-order valence-corrected chi connectivity index (χ2v) is 7.15. The Bertz CT molecular complexity index is 791. The van der Waals surface area contributed by atoms with Crippen molar-refractivity contribution in [2.75, 3.05) is 20.2 Å². The molecule has 1 aromatic heterocycles. The number of fused-ring (bicyclic) bond motifs is 1. The van der Waals surface area contributed by atoms with E-state index in [4.69, 9.17) is 4.74 Å². The first kappa shape index (κ1) is 17.9. The van der Waals surface area contributed by atoms with Gasteiger partial charge >= 0.3 is 0 Å². The van der Waals surface area contributed by atoms with Crippen LogP contribution in [0.3, 0.4) is 0 Å². The molecule has 3 aromatic rings. The van der Waals surface area contributed by atoms with Crippen LogP contribution in [-0.4, -0.2) is 41.3 Å². The van der Waals surface area contributed by atoms with Gasteiger partial charge in [0.05, 0.1) is 36.1 Å². The lowest BCUT2D eigenvalue weighted by Gasteiger charge is -2.19. The van der Waals surface area contributed by atoms with Crippen molar-refractivity contribution in [3.8, 4) is 0 Å². The van der Waals surface area contributed by atoms with Gasteiger partial charge in [0.1, 0.15) is 10.8 Å². The van der Waals surface area contributed by atoms with E-state index in [1.165, 1.54) is 10.8 Å². The molecule has 0 bridgehead atoms. The molecule has 6 heteroatoms. The van der Waals surface area contributed by atoms with Crippen molar-refractivity contribution >= 4 is 21.6 Å². The van der Waals surface area contributed by atoms with Crippen LogP contribution in [0.15, 0.2) is 48.5 Å². The number of hydrogen-bond acceptors (Lipinski definition) is 5. The number of likely N-dealkylation sites (N-methyl/N-ethyl adjacent to an activating group) is 1. The summed E-state index contributed by atoms with van der Waals surface area (Å²) in [6, 6.07) is 14.5. The molecule has 0 saturated heterocycles. The van der Waals surface area contributed by atoms with Gasteiger partial charge in [0.25, 0.3) is 0 Å². The minimum atomic E-state index is -0.633. The minimum absolute atomic E-state index is 0.158. The second kappa shape index (κ2) is 8.49. The number of aliphatic hydroxyl groups excluding tert-OH is 1. The van der Waals surface area contributed by atoms with Gasteiger partial charge in [0, 0.05) is 12.1 Å². The topological polar surface area (TPSA) is 45.6 Å². The Morgan fingerprint density at radius 3 is 2.76 bits per heavy atom. The van der Waals surface area contributed by atoms with Crippen LogP contribution in [0.5, 0.6) is 0 Å². The number of rotatable bonds is 8. The molecule has 0 fully saturated rings. The summed E-state index contributed by atoms with van der Waals surface area (Å²) in [6.45, 7) is 1.46. The van der Waals surface area contributed by atoms with Gasteiger partial charge in [0.15, 0.2) is 0 Å². The average Bonchev–Trinajstić information content (AvgIpc) is 2.98. The Balaban J connectivity index is 1.44. The second-order valence-electron chi connectivity index (χ2n) is 6.03. The molecule has 1 atom stereocenters. The summed E-state index contributed by atoms with van der Waals surface area (Å²) in [4.78, 5) is 6.60. The van der Waals surface area contributed by atoms with Gasteiger partial charge < -0.3 is 9.84 Å². The molecule has 0 aliphatic rings. The summed E-state index contributed by atoms with van der Waals surface area (Å²) in [7, 11) is 1.94. The number of aliphatic hydroxyl groups is 1. The number of aromatic nitrogens is 1. The highest BCUT2D eigenvalue weighted by molar-refractivity contribution is 7.18. The summed E-state index contributed by atoms with van der Waals surface area (Å²) in [5, 5.41) is 11.1. The number of halogens is 1. The van der Waals surface area contributed by atoms with Crippen molar-refractivity contribution in [2.24, 2.45) is 0 Å². The fourth-order valence-electron chi connectivity index (χ4n) is 2.62. The highest BCUT2D eigenvalue weighted by Crippen LogP contribution is 2.22. The van der Waals surface area contributed by atoms with Gasteiger partial charge in [-0.05, 0) is 25.2 Å². The average molecular weight is 360 g/mol. The van der Waals surface area contributed by atoms with E-state index in [0.717, 1.165) is 10.5 Å². The number of para-hydroxylation sites is 1. The quantitative estimate of drug-likeness (QED) is 0.668. The first-order valence-corrected chi connectivity index (χ1v) is 8.95. The summed E-state index contributed by atoms with van der Waals surface area (Å²) in [5.41, 5.74) is 1.50. The molecular formula is C19H21FN2O2S. The van der Waals surface area contributed by atoms with E-state index in [1.807, 2.05) is 30.1 Å². The molecule has 0 spiro atoms. The van der Waals surface area contributed by atoms with Gasteiger partial charge in [0.2, 0.25) is 0 Å². The van der Waals surface area contributed by atoms with Gasteiger partial charge in [-0.25, -0.2) is 9.37 Å². The maximum absolute atomic E-state index is 13.5. The molecule has 3 rings (SSSR count). The van der Waals surface area contributed by atoms with Gasteiger partial charge in [-0.1, -0.05) is 30.3 Å². The molecule has 1 N–H and O–H groups in total. The van der Waals surface area contributed by atoms with E-state index >= 15 is 0 Å². The van der Waals surface area contributed by atoms with Crippen molar-refractivity contribution in [2.45, 2.75) is 19.3 Å². The number of ether oxygens (including phenoxy) is 1. The van der Waals surface area contributed by atoms with Crippen molar-refractivity contribution in [1.29, 1.82) is 0 Å². The van der Waals surface area contributed by atoms with Crippen LogP contribution in [-0.2, 0) is 17.9 Å². The summed E-state index contributed by atoms with van der Waals surface area (Å²) in [6.07, 6.45) is -0.633. The Morgan fingerprint density at radius 1 is 1.20 bits per heavy atom. The predicted molar refractivity (Wildman–Crippen MR) is 98.0 cm³/mol. The molecule has 25 heavy (non-hydrogen) atoms. The molecule has 1 unspecified atom stereocenters. The Morgan fingerprint density at radius 2 is 1.96 bits per heavy atom. The van der Waals surface area contributed by atoms with E-state index in [0.29, 0.717) is 18.7 Å². The monoisotopic (exact) mass is 360 g/mol. The van der Waals surface area contributed by atoms with Crippen LogP contribution in [0.2, 0.25) is 0 Å². The maximum atomic E-state index is 13.5. The summed E-state index contributed by atoms with van der Waals surface area (Å²) < 4.78 is 20.1. The van der Waals surface area contributed by atoms with E-state index in [9.17, 15) is 9.50 Å². The SMILES string of the molecule is CN(Cc1nc2ccccc2s1)CC(O)COCc1ccccc1F. The standard InChI is InChI=1S/C19H21FN2O2S/c1-22(11-19-21-17-8-4-5-9-18(17)25-19)10-15(23)13-24-12-14-6-2-3-7-16(14)20/h2-9,15,23H,10-13H2,1H3. The van der Waals surface area contributed by atoms with Crippen molar-refractivity contribution in [3.63, 3.8) is 0 Å². The number of benzene rings is 2. The third-order valence-electron chi connectivity index (χ3n) is 3.79. The van der Waals surface area contributed by atoms with Crippen molar-refractivity contribution < 1.29 is 14.2 Å². The number of hydrogen-bond donors (Lipinski definition) is 1.